The fraction of sp³-hybridized carbons (Fsp3) is 0.486. The average Bonchev–Trinajstić information content (AvgIpc) is 3.67. The zero-order valence-corrected chi connectivity index (χ0v) is 25.3. The Morgan fingerprint density at radius 3 is 2.67 bits per heavy atom. The van der Waals surface area contributed by atoms with Crippen LogP contribution in [0, 0.1) is 25.2 Å². The number of carboxylic acids is 1. The van der Waals surface area contributed by atoms with Crippen LogP contribution in [0.2, 0.25) is 0 Å². The Bertz CT molecular complexity index is 1540. The number of carboxylic acid groups (broad SMARTS) is 1. The second-order valence-electron chi connectivity index (χ2n) is 12.7. The smallest absolute Gasteiger partial charge is 0.312 e. The molecule has 1 aliphatic carbocycles. The number of hydrogen-bond acceptors (Lipinski definition) is 7. The molecule has 7 rings (SSSR count). The zero-order valence-electron chi connectivity index (χ0n) is 25.3. The van der Waals surface area contributed by atoms with E-state index >= 15 is 0 Å². The van der Waals surface area contributed by atoms with Crippen molar-refractivity contribution in [3.63, 3.8) is 0 Å². The Morgan fingerprint density at radius 2 is 1.91 bits per heavy atom. The van der Waals surface area contributed by atoms with Crippen LogP contribution in [0.15, 0.2) is 48.5 Å². The maximum Gasteiger partial charge on any atom is 0.312 e. The number of aliphatic carboxylic acids is 1. The Morgan fingerprint density at radius 1 is 1.09 bits per heavy atom. The highest BCUT2D eigenvalue weighted by atomic mass is 16.5. The van der Waals surface area contributed by atoms with Crippen molar-refractivity contribution in [2.75, 3.05) is 51.5 Å². The van der Waals surface area contributed by atoms with Crippen LogP contribution in [-0.2, 0) is 33.7 Å². The number of rotatable bonds is 9. The van der Waals surface area contributed by atoms with Gasteiger partial charge in [-0.1, -0.05) is 30.3 Å². The summed E-state index contributed by atoms with van der Waals surface area (Å²) in [7, 11) is 1.63. The number of anilines is 1. The highest BCUT2D eigenvalue weighted by molar-refractivity contribution is 5.82. The lowest BCUT2D eigenvalue weighted by molar-refractivity contribution is -0.144. The largest absolute Gasteiger partial charge is 0.488 e. The molecule has 8 nitrogen and oxygen atoms in total. The van der Waals surface area contributed by atoms with E-state index < -0.39 is 11.4 Å². The van der Waals surface area contributed by atoms with Crippen molar-refractivity contribution in [1.29, 1.82) is 0 Å². The average molecular weight is 584 g/mol. The van der Waals surface area contributed by atoms with E-state index in [9.17, 15) is 9.90 Å². The molecule has 3 aromatic rings. The molecule has 3 atom stereocenters. The number of fused-ring (bicyclic) bond motifs is 2. The van der Waals surface area contributed by atoms with Gasteiger partial charge in [-0.2, -0.15) is 0 Å². The minimum atomic E-state index is -0.735. The van der Waals surface area contributed by atoms with Crippen LogP contribution in [0.25, 0.3) is 11.3 Å². The van der Waals surface area contributed by atoms with E-state index in [1.807, 2.05) is 24.3 Å². The summed E-state index contributed by atoms with van der Waals surface area (Å²) in [5.41, 5.74) is 7.55. The van der Waals surface area contributed by atoms with Crippen molar-refractivity contribution in [2.24, 2.45) is 11.3 Å². The Hall–Kier alpha value is -3.46. The second-order valence-corrected chi connectivity index (χ2v) is 12.7. The molecule has 1 N–H and O–H groups in total. The summed E-state index contributed by atoms with van der Waals surface area (Å²) >= 11 is 0. The molecule has 3 fully saturated rings. The van der Waals surface area contributed by atoms with Crippen molar-refractivity contribution in [3.05, 3.63) is 76.3 Å². The molecule has 0 unspecified atom stereocenters. The van der Waals surface area contributed by atoms with Gasteiger partial charge in [0.15, 0.2) is 0 Å². The van der Waals surface area contributed by atoms with Crippen molar-refractivity contribution < 1.29 is 24.1 Å². The normalized spacial score (nSPS) is 25.0. The molecule has 2 aromatic carbocycles. The van der Waals surface area contributed by atoms with E-state index in [-0.39, 0.29) is 12.0 Å². The van der Waals surface area contributed by atoms with Gasteiger partial charge >= 0.3 is 5.97 Å². The molecule has 1 aromatic heterocycles. The van der Waals surface area contributed by atoms with E-state index in [1.165, 1.54) is 22.3 Å². The van der Waals surface area contributed by atoms with Gasteiger partial charge in [0, 0.05) is 32.3 Å². The third-order valence-corrected chi connectivity index (χ3v) is 10.4. The fourth-order valence-electron chi connectivity index (χ4n) is 7.64. The number of piperidine rings is 1. The van der Waals surface area contributed by atoms with Gasteiger partial charge in [0.2, 0.25) is 0 Å². The molecule has 4 aliphatic rings. The van der Waals surface area contributed by atoms with Gasteiger partial charge in [-0.05, 0) is 85.0 Å². The minimum absolute atomic E-state index is 0.132. The summed E-state index contributed by atoms with van der Waals surface area (Å²) in [4.78, 5) is 22.0. The summed E-state index contributed by atoms with van der Waals surface area (Å²) in [6.45, 7) is 9.74. The SMILES string of the molecule is COC[C@H]1N(c2cccc(-c3cccc(C)c3OCc3ccc4c(c3C)CCN(C3COC3)CC4)n2)C[C@@H]2C[C@@]21C(=O)O. The lowest BCUT2D eigenvalue weighted by Crippen LogP contribution is -2.49. The monoisotopic (exact) mass is 583 g/mol. The predicted molar refractivity (Wildman–Crippen MR) is 165 cm³/mol. The van der Waals surface area contributed by atoms with Crippen molar-refractivity contribution >= 4 is 11.8 Å². The van der Waals surface area contributed by atoms with E-state index in [1.54, 1.807) is 7.11 Å². The molecule has 1 saturated carbocycles. The second kappa shape index (κ2) is 11.2. The van der Waals surface area contributed by atoms with Gasteiger partial charge in [-0.15, -0.1) is 0 Å². The number of para-hydroxylation sites is 1. The molecule has 0 amide bonds. The molecular formula is C35H41N3O5. The fourth-order valence-corrected chi connectivity index (χ4v) is 7.64. The van der Waals surface area contributed by atoms with Crippen LogP contribution in [0.1, 0.15) is 34.2 Å². The first kappa shape index (κ1) is 28.3. The molecule has 226 valence electrons. The van der Waals surface area contributed by atoms with Gasteiger partial charge < -0.3 is 24.2 Å². The quantitative estimate of drug-likeness (QED) is 0.389. The van der Waals surface area contributed by atoms with Crippen molar-refractivity contribution in [3.8, 4) is 17.0 Å². The van der Waals surface area contributed by atoms with Gasteiger partial charge in [0.25, 0.3) is 0 Å². The first-order valence-electron chi connectivity index (χ1n) is 15.5. The molecule has 8 heteroatoms. The van der Waals surface area contributed by atoms with Gasteiger partial charge in [-0.25, -0.2) is 4.98 Å². The first-order chi connectivity index (χ1) is 20.9. The summed E-state index contributed by atoms with van der Waals surface area (Å²) in [5.74, 6) is 1.01. The van der Waals surface area contributed by atoms with Crippen LogP contribution in [-0.4, -0.2) is 79.6 Å². The lowest BCUT2D eigenvalue weighted by Gasteiger charge is -2.36. The number of pyridine rings is 1. The molecule has 0 spiro atoms. The van der Waals surface area contributed by atoms with Gasteiger partial charge in [0.1, 0.15) is 18.2 Å². The van der Waals surface area contributed by atoms with Crippen LogP contribution in [0.5, 0.6) is 5.75 Å². The Balaban J connectivity index is 1.12. The van der Waals surface area contributed by atoms with Crippen molar-refractivity contribution in [1.82, 2.24) is 9.88 Å². The molecule has 0 radical (unpaired) electrons. The topological polar surface area (TPSA) is 84.4 Å². The number of carbonyl (C=O) groups is 1. The van der Waals surface area contributed by atoms with E-state index in [4.69, 9.17) is 19.2 Å². The summed E-state index contributed by atoms with van der Waals surface area (Å²) in [5, 5.41) is 10.0. The molecule has 4 heterocycles. The van der Waals surface area contributed by atoms with Crippen LogP contribution >= 0.6 is 0 Å². The van der Waals surface area contributed by atoms with Gasteiger partial charge in [-0.3, -0.25) is 9.69 Å². The minimum Gasteiger partial charge on any atom is -0.488 e. The number of aryl methyl sites for hydroxylation is 1. The number of methoxy groups -OCH3 is 1. The highest BCUT2D eigenvalue weighted by Gasteiger charge is 2.71. The first-order valence-corrected chi connectivity index (χ1v) is 15.5. The zero-order chi connectivity index (χ0) is 29.7. The number of benzene rings is 2. The maximum atomic E-state index is 12.2. The van der Waals surface area contributed by atoms with Crippen LogP contribution in [0.4, 0.5) is 5.82 Å². The number of nitrogens with zero attached hydrogens (tertiary/aromatic N) is 3. The molecule has 2 saturated heterocycles. The number of hydrogen-bond donors (Lipinski definition) is 1. The molecule has 3 aliphatic heterocycles. The van der Waals surface area contributed by atoms with Crippen molar-refractivity contribution in [2.45, 2.75) is 51.8 Å². The third-order valence-electron chi connectivity index (χ3n) is 10.4. The Kier molecular flexibility index (Phi) is 7.40. The Labute approximate surface area is 253 Å². The van der Waals surface area contributed by atoms with E-state index in [0.717, 1.165) is 67.5 Å². The highest BCUT2D eigenvalue weighted by Crippen LogP contribution is 2.62. The van der Waals surface area contributed by atoms with E-state index in [2.05, 4.69) is 47.9 Å². The van der Waals surface area contributed by atoms with E-state index in [0.29, 0.717) is 32.2 Å². The number of ether oxygens (including phenoxy) is 3. The predicted octanol–water partition coefficient (Wildman–Crippen LogP) is 4.67. The molecule has 43 heavy (non-hydrogen) atoms. The summed E-state index contributed by atoms with van der Waals surface area (Å²) in [6, 6.07) is 17.0. The third kappa shape index (κ3) is 4.89. The van der Waals surface area contributed by atoms with Crippen LogP contribution in [0.3, 0.4) is 0 Å². The lowest BCUT2D eigenvalue weighted by atomic mass is 9.94. The van der Waals surface area contributed by atoms with Crippen LogP contribution < -0.4 is 9.64 Å². The maximum absolute atomic E-state index is 12.2. The number of aromatic nitrogens is 1. The molecule has 0 bridgehead atoms. The summed E-state index contributed by atoms with van der Waals surface area (Å²) < 4.78 is 17.6. The molecular weight excluding hydrogens is 542 g/mol. The van der Waals surface area contributed by atoms with Gasteiger partial charge in [0.05, 0.1) is 43.0 Å². The standard InChI is InChI=1S/C35H41N3O5/c1-22-6-4-7-29(30-8-5-9-32(36-30)38-17-26-16-35(26,34(39)40)31(38)21-41-3)33(22)43-18-25-11-10-24-12-14-37(27-19-42-20-27)15-13-28(24)23(25)2/h4-11,26-27,31H,12-21H2,1-3H3,(H,39,40)/t26-,31+,35+/m0/s1. The summed E-state index contributed by atoms with van der Waals surface area (Å²) in [6.07, 6.45) is 2.84.